The first-order valence-corrected chi connectivity index (χ1v) is 6.82. The van der Waals surface area contributed by atoms with Gasteiger partial charge in [0.2, 0.25) is 0 Å². The van der Waals surface area contributed by atoms with Crippen LogP contribution < -0.4 is 0 Å². The molecule has 14 heavy (non-hydrogen) atoms. The van der Waals surface area contributed by atoms with Crippen molar-refractivity contribution in [3.8, 4) is 0 Å². The van der Waals surface area contributed by atoms with Crippen LogP contribution in [0.1, 0.15) is 0 Å². The number of morpholine rings is 1. The second kappa shape index (κ2) is 5.09. The molecule has 80 valence electrons. The van der Waals surface area contributed by atoms with Crippen LogP contribution >= 0.6 is 30.5 Å². The minimum Gasteiger partial charge on any atom is -0.377 e. The van der Waals surface area contributed by atoms with Crippen LogP contribution in [0, 0.1) is 0 Å². The third-order valence-electron chi connectivity index (χ3n) is 1.74. The van der Waals surface area contributed by atoms with Gasteiger partial charge in [-0.15, -0.1) is 0 Å². The molecule has 0 spiro atoms. The maximum absolute atomic E-state index is 10.6. The molecule has 0 radical (unpaired) electrons. The fourth-order valence-corrected chi connectivity index (χ4v) is 2.61. The van der Waals surface area contributed by atoms with Crippen LogP contribution in [0.4, 0.5) is 0 Å². The van der Waals surface area contributed by atoms with Gasteiger partial charge in [0.1, 0.15) is 7.85 Å². The second-order valence-electron chi connectivity index (χ2n) is 3.24. The number of rotatable bonds is 2. The van der Waals surface area contributed by atoms with E-state index >= 15 is 0 Å². The molecular formula is C6H12BINO4P. The van der Waals surface area contributed by atoms with Crippen molar-refractivity contribution < 1.29 is 19.1 Å². The number of ether oxygens (including phenoxy) is 1. The molecule has 1 heterocycles. The minimum absolute atomic E-state index is 0.0899. The molecule has 0 aromatic heterocycles. The highest BCUT2D eigenvalue weighted by atomic mass is 127. The predicted octanol–water partition coefficient (Wildman–Crippen LogP) is -0.312. The monoisotopic (exact) mass is 331 g/mol. The van der Waals surface area contributed by atoms with Crippen molar-refractivity contribution in [2.75, 3.05) is 13.1 Å². The van der Waals surface area contributed by atoms with E-state index in [1.807, 2.05) is 11.0 Å². The molecule has 1 aliphatic heterocycles. The highest BCUT2D eigenvalue weighted by molar-refractivity contribution is 14.1. The van der Waals surface area contributed by atoms with E-state index in [-0.39, 0.29) is 12.1 Å². The van der Waals surface area contributed by atoms with Crippen LogP contribution in [-0.2, 0) is 9.30 Å². The van der Waals surface area contributed by atoms with E-state index in [4.69, 9.17) is 14.5 Å². The summed E-state index contributed by atoms with van der Waals surface area (Å²) in [4.78, 5) is 17.3. The van der Waals surface area contributed by atoms with E-state index < -0.39 is 7.60 Å². The molecule has 0 aromatic rings. The van der Waals surface area contributed by atoms with Gasteiger partial charge < -0.3 is 14.5 Å². The summed E-state index contributed by atoms with van der Waals surface area (Å²) in [6.07, 6.45) is 1.20. The molecule has 1 fully saturated rings. The van der Waals surface area contributed by atoms with Crippen LogP contribution in [0.3, 0.4) is 0 Å². The van der Waals surface area contributed by atoms with Crippen LogP contribution in [0.15, 0.2) is 11.9 Å². The summed E-state index contributed by atoms with van der Waals surface area (Å²) < 4.78 is 18.1. The Labute approximate surface area is 97.6 Å². The quantitative estimate of drug-likeness (QED) is 0.314. The largest absolute Gasteiger partial charge is 0.377 e. The van der Waals surface area contributed by atoms with Gasteiger partial charge in [-0.3, -0.25) is 4.57 Å². The molecule has 5 nitrogen and oxygen atoms in total. The molecule has 2 N–H and O–H groups in total. The smallest absolute Gasteiger partial charge is 0.348 e. The van der Waals surface area contributed by atoms with E-state index in [1.165, 1.54) is 6.08 Å². The zero-order valence-corrected chi connectivity index (χ0v) is 10.8. The van der Waals surface area contributed by atoms with Crippen LogP contribution in [0.5, 0.6) is 0 Å². The van der Waals surface area contributed by atoms with Gasteiger partial charge >= 0.3 is 7.60 Å². The minimum atomic E-state index is -4.05. The number of hydrogen-bond donors (Lipinski definition) is 2. The Morgan fingerprint density at radius 3 is 2.71 bits per heavy atom. The summed E-state index contributed by atoms with van der Waals surface area (Å²) in [5.41, 5.74) is 0. The van der Waals surface area contributed by atoms with Gasteiger partial charge in [0.25, 0.3) is 0 Å². The lowest BCUT2D eigenvalue weighted by Crippen LogP contribution is -2.42. The van der Waals surface area contributed by atoms with E-state index in [9.17, 15) is 4.57 Å². The summed E-state index contributed by atoms with van der Waals surface area (Å²) in [6, 6.07) is 0.0899. The van der Waals surface area contributed by atoms with Crippen molar-refractivity contribution in [3.05, 3.63) is 11.9 Å². The summed E-state index contributed by atoms with van der Waals surface area (Å²) in [5.74, 6) is 0.903. The lowest BCUT2D eigenvalue weighted by atomic mass is 9.98. The molecule has 0 saturated carbocycles. The van der Waals surface area contributed by atoms with Gasteiger partial charge in [-0.1, -0.05) is 0 Å². The molecule has 1 saturated heterocycles. The molecule has 2 unspecified atom stereocenters. The Morgan fingerprint density at radius 1 is 1.57 bits per heavy atom. The summed E-state index contributed by atoms with van der Waals surface area (Å²) >= 11 is 2.17. The molecule has 0 bridgehead atoms. The van der Waals surface area contributed by atoms with Crippen LogP contribution in [0.2, 0.25) is 0 Å². The molecule has 2 atom stereocenters. The molecule has 0 aliphatic carbocycles. The molecule has 8 heteroatoms. The van der Waals surface area contributed by atoms with Gasteiger partial charge in [-0.2, -0.15) is 0 Å². The van der Waals surface area contributed by atoms with Crippen LogP contribution in [0.25, 0.3) is 0 Å². The molecule has 1 aliphatic rings. The third kappa shape index (κ3) is 4.90. The predicted molar refractivity (Wildman–Crippen MR) is 64.0 cm³/mol. The maximum Gasteiger partial charge on any atom is 0.348 e. The average molecular weight is 331 g/mol. The number of nitrogens with zero attached hydrogens (tertiary/aromatic N) is 1. The van der Waals surface area contributed by atoms with Crippen molar-refractivity contribution in [2.45, 2.75) is 12.1 Å². The Balaban J connectivity index is 2.53. The molecular weight excluding hydrogens is 319 g/mol. The first-order valence-electron chi connectivity index (χ1n) is 4.17. The normalized spacial score (nSPS) is 31.1. The first kappa shape index (κ1) is 12.7. The Kier molecular flexibility index (Phi) is 4.61. The van der Waals surface area contributed by atoms with Crippen molar-refractivity contribution >= 4 is 38.3 Å². The van der Waals surface area contributed by atoms with Crippen molar-refractivity contribution in [1.29, 1.82) is 0 Å². The van der Waals surface area contributed by atoms with Gasteiger partial charge in [0.05, 0.1) is 6.10 Å². The Morgan fingerprint density at radius 2 is 2.21 bits per heavy atom. The van der Waals surface area contributed by atoms with E-state index in [1.54, 1.807) is 0 Å². The second-order valence-corrected chi connectivity index (χ2v) is 6.08. The maximum atomic E-state index is 10.6. The summed E-state index contributed by atoms with van der Waals surface area (Å²) in [5, 5.41) is 0. The van der Waals surface area contributed by atoms with E-state index in [0.717, 1.165) is 12.4 Å². The van der Waals surface area contributed by atoms with Crippen molar-refractivity contribution in [3.63, 3.8) is 0 Å². The Hall–Kier alpha value is 0.605. The third-order valence-corrected chi connectivity index (χ3v) is 3.08. The van der Waals surface area contributed by atoms with E-state index in [0.29, 0.717) is 6.54 Å². The lowest BCUT2D eigenvalue weighted by Gasteiger charge is -2.31. The number of halogens is 1. The highest BCUT2D eigenvalue weighted by Crippen LogP contribution is 2.36. The highest BCUT2D eigenvalue weighted by Gasteiger charge is 2.22. The SMILES string of the molecule is BC1CN(I)CC(/C=C/P(=O)(O)O)O1. The standard InChI is InChI=1S/C6H12BINO4P/c7-6-4-9(8)3-5(13-6)1-2-14(10,11)12/h1-2,5-6H,3-4,7H2,(H2,10,11,12)/b2-1+. The molecule has 0 amide bonds. The summed E-state index contributed by atoms with van der Waals surface area (Å²) in [7, 11) is -2.12. The lowest BCUT2D eigenvalue weighted by molar-refractivity contribution is 0.0108. The summed E-state index contributed by atoms with van der Waals surface area (Å²) in [6.45, 7) is 1.49. The van der Waals surface area contributed by atoms with Crippen molar-refractivity contribution in [2.24, 2.45) is 0 Å². The van der Waals surface area contributed by atoms with Crippen molar-refractivity contribution in [1.82, 2.24) is 3.11 Å². The number of hydrogen-bond acceptors (Lipinski definition) is 3. The van der Waals surface area contributed by atoms with Crippen LogP contribution in [-0.4, -0.2) is 45.9 Å². The fraction of sp³-hybridized carbons (Fsp3) is 0.667. The van der Waals surface area contributed by atoms with Gasteiger partial charge in [-0.05, 0) is 6.08 Å². The fourth-order valence-electron chi connectivity index (χ4n) is 1.25. The zero-order chi connectivity index (χ0) is 10.8. The zero-order valence-electron chi connectivity index (χ0n) is 7.71. The van der Waals surface area contributed by atoms with Gasteiger partial charge in [-0.25, -0.2) is 3.11 Å². The molecule has 1 rings (SSSR count). The van der Waals surface area contributed by atoms with Gasteiger partial charge in [0.15, 0.2) is 0 Å². The Bertz CT molecular complexity index is 261. The average Bonchev–Trinajstić information content (AvgIpc) is 1.97. The van der Waals surface area contributed by atoms with Gasteiger partial charge in [0, 0.05) is 47.8 Å². The first-order chi connectivity index (χ1) is 6.37. The topological polar surface area (TPSA) is 70.0 Å². The molecule has 0 aromatic carbocycles. The van der Waals surface area contributed by atoms with E-state index in [2.05, 4.69) is 22.9 Å².